The molecule has 1 N–H and O–H groups in total. The second-order valence-electron chi connectivity index (χ2n) is 7.28. The minimum absolute atomic E-state index is 0.0499. The van der Waals surface area contributed by atoms with E-state index in [1.807, 2.05) is 18.2 Å². The number of nitrogens with zero attached hydrogens (tertiary/aromatic N) is 3. The van der Waals surface area contributed by atoms with Crippen LogP contribution in [0.1, 0.15) is 18.4 Å². The molecule has 2 heterocycles. The summed E-state index contributed by atoms with van der Waals surface area (Å²) in [5.41, 5.74) is 3.57. The van der Waals surface area contributed by atoms with Gasteiger partial charge in [-0.2, -0.15) is 5.10 Å². The molecule has 0 fully saturated rings. The first kappa shape index (κ1) is 17.4. The van der Waals surface area contributed by atoms with Gasteiger partial charge in [-0.1, -0.05) is 48.5 Å². The predicted octanol–water partition coefficient (Wildman–Crippen LogP) is 5.35. The highest BCUT2D eigenvalue weighted by molar-refractivity contribution is 5.88. The molecular formula is C23H20N4O2. The van der Waals surface area contributed by atoms with E-state index in [1.54, 1.807) is 16.8 Å². The fourth-order valence-corrected chi connectivity index (χ4v) is 4.04. The molecule has 0 bridgehead atoms. The Hall–Kier alpha value is -3.67. The van der Waals surface area contributed by atoms with Crippen LogP contribution in [0.25, 0.3) is 27.7 Å². The van der Waals surface area contributed by atoms with Crippen molar-refractivity contribution >= 4 is 22.3 Å². The summed E-state index contributed by atoms with van der Waals surface area (Å²) in [6, 6.07) is 21.3. The first-order valence-corrected chi connectivity index (χ1v) is 9.81. The number of hydrogen-bond donors (Lipinski definition) is 1. The molecule has 3 aromatic carbocycles. The maximum absolute atomic E-state index is 11.6. The number of benzene rings is 3. The molecule has 0 saturated heterocycles. The average molecular weight is 384 g/mol. The summed E-state index contributed by atoms with van der Waals surface area (Å²) in [4.78, 5) is 11.2. The van der Waals surface area contributed by atoms with Crippen molar-refractivity contribution in [1.82, 2.24) is 9.78 Å². The van der Waals surface area contributed by atoms with Gasteiger partial charge in [-0.05, 0) is 42.2 Å². The van der Waals surface area contributed by atoms with Gasteiger partial charge in [0, 0.05) is 23.7 Å². The summed E-state index contributed by atoms with van der Waals surface area (Å²) in [6.07, 6.45) is 3.01. The Kier molecular flexibility index (Phi) is 4.24. The number of hydrogen-bond acceptors (Lipinski definition) is 4. The molecule has 6 nitrogen and oxygen atoms in total. The predicted molar refractivity (Wildman–Crippen MR) is 115 cm³/mol. The number of nitrogens with one attached hydrogen (secondary N) is 1. The third-order valence-electron chi connectivity index (χ3n) is 5.46. The molecule has 5 rings (SSSR count). The first-order valence-electron chi connectivity index (χ1n) is 9.81. The standard InChI is InChI=1S/C23H20N4O2/c28-27(29)21-11-4-3-10-20(21)26-23-19(9-5-6-14-24-23)22(25-26)18-13-12-16-7-1-2-8-17(16)15-18/h1-4,7-8,10-13,15,24H,5-6,9,14H2. The quantitative estimate of drug-likeness (QED) is 0.382. The van der Waals surface area contributed by atoms with Crippen LogP contribution in [0.5, 0.6) is 0 Å². The number of nitro benzene ring substituents is 1. The largest absolute Gasteiger partial charge is 0.370 e. The Morgan fingerprint density at radius 1 is 0.966 bits per heavy atom. The highest BCUT2D eigenvalue weighted by atomic mass is 16.6. The third kappa shape index (κ3) is 3.02. The monoisotopic (exact) mass is 384 g/mol. The Balaban J connectivity index is 1.74. The summed E-state index contributed by atoms with van der Waals surface area (Å²) >= 11 is 0. The summed E-state index contributed by atoms with van der Waals surface area (Å²) in [5, 5.41) is 22.3. The Bertz CT molecular complexity index is 1230. The van der Waals surface area contributed by atoms with Gasteiger partial charge < -0.3 is 5.32 Å². The van der Waals surface area contributed by atoms with E-state index in [-0.39, 0.29) is 10.6 Å². The van der Waals surface area contributed by atoms with Gasteiger partial charge in [-0.3, -0.25) is 10.1 Å². The molecule has 4 aromatic rings. The van der Waals surface area contributed by atoms with Gasteiger partial charge in [0.25, 0.3) is 5.69 Å². The lowest BCUT2D eigenvalue weighted by molar-refractivity contribution is -0.384. The number of fused-ring (bicyclic) bond motifs is 2. The van der Waals surface area contributed by atoms with Gasteiger partial charge in [0.15, 0.2) is 0 Å². The number of para-hydroxylation sites is 2. The molecule has 0 aliphatic carbocycles. The fourth-order valence-electron chi connectivity index (χ4n) is 4.04. The van der Waals surface area contributed by atoms with Gasteiger partial charge >= 0.3 is 0 Å². The molecule has 0 amide bonds. The maximum Gasteiger partial charge on any atom is 0.294 e. The summed E-state index contributed by atoms with van der Waals surface area (Å²) in [7, 11) is 0. The van der Waals surface area contributed by atoms with Crippen molar-refractivity contribution in [2.75, 3.05) is 11.9 Å². The summed E-state index contributed by atoms with van der Waals surface area (Å²) in [5.74, 6) is 0.861. The fraction of sp³-hybridized carbons (Fsp3) is 0.174. The van der Waals surface area contributed by atoms with E-state index in [1.165, 1.54) is 11.5 Å². The highest BCUT2D eigenvalue weighted by Crippen LogP contribution is 2.36. The number of aromatic nitrogens is 2. The summed E-state index contributed by atoms with van der Waals surface area (Å²) in [6.45, 7) is 0.830. The van der Waals surface area contributed by atoms with Crippen LogP contribution in [0, 0.1) is 10.1 Å². The second-order valence-corrected chi connectivity index (χ2v) is 7.28. The lowest BCUT2D eigenvalue weighted by Crippen LogP contribution is -2.08. The molecule has 0 radical (unpaired) electrons. The molecule has 0 unspecified atom stereocenters. The lowest BCUT2D eigenvalue weighted by Gasteiger charge is -2.09. The van der Waals surface area contributed by atoms with Crippen LogP contribution in [0.15, 0.2) is 66.7 Å². The lowest BCUT2D eigenvalue weighted by atomic mass is 10.0. The number of anilines is 1. The van der Waals surface area contributed by atoms with Crippen LogP contribution in [0.3, 0.4) is 0 Å². The minimum atomic E-state index is -0.351. The topological polar surface area (TPSA) is 73.0 Å². The van der Waals surface area contributed by atoms with Crippen molar-refractivity contribution in [3.05, 3.63) is 82.4 Å². The molecule has 1 aromatic heterocycles. The van der Waals surface area contributed by atoms with Gasteiger partial charge in [-0.25, -0.2) is 4.68 Å². The molecule has 0 spiro atoms. The van der Waals surface area contributed by atoms with Crippen LogP contribution in [-0.2, 0) is 6.42 Å². The van der Waals surface area contributed by atoms with Crippen LogP contribution >= 0.6 is 0 Å². The molecule has 29 heavy (non-hydrogen) atoms. The van der Waals surface area contributed by atoms with Crippen LogP contribution in [0.4, 0.5) is 11.5 Å². The first-order chi connectivity index (χ1) is 14.2. The van der Waals surface area contributed by atoms with Crippen LogP contribution in [0.2, 0.25) is 0 Å². The van der Waals surface area contributed by atoms with E-state index >= 15 is 0 Å². The van der Waals surface area contributed by atoms with Gasteiger partial charge in [0.1, 0.15) is 11.5 Å². The zero-order chi connectivity index (χ0) is 19.8. The molecule has 144 valence electrons. The molecular weight excluding hydrogens is 364 g/mol. The van der Waals surface area contributed by atoms with E-state index in [2.05, 4.69) is 35.6 Å². The van der Waals surface area contributed by atoms with E-state index < -0.39 is 0 Å². The summed E-state index contributed by atoms with van der Waals surface area (Å²) < 4.78 is 1.71. The molecule has 1 aliphatic heterocycles. The Morgan fingerprint density at radius 2 is 1.76 bits per heavy atom. The van der Waals surface area contributed by atoms with Crippen molar-refractivity contribution in [1.29, 1.82) is 0 Å². The second kappa shape index (κ2) is 7.05. The van der Waals surface area contributed by atoms with Crippen LogP contribution in [-0.4, -0.2) is 21.2 Å². The van der Waals surface area contributed by atoms with Gasteiger partial charge in [-0.15, -0.1) is 0 Å². The molecule has 0 atom stereocenters. The van der Waals surface area contributed by atoms with E-state index in [0.717, 1.165) is 53.8 Å². The van der Waals surface area contributed by atoms with Crippen molar-refractivity contribution in [2.24, 2.45) is 0 Å². The molecule has 0 saturated carbocycles. The third-order valence-corrected chi connectivity index (χ3v) is 5.46. The zero-order valence-corrected chi connectivity index (χ0v) is 15.8. The van der Waals surface area contributed by atoms with Crippen molar-refractivity contribution in [3.8, 4) is 16.9 Å². The molecule has 6 heteroatoms. The van der Waals surface area contributed by atoms with Gasteiger partial charge in [0.05, 0.1) is 10.6 Å². The average Bonchev–Trinajstić information content (AvgIpc) is 2.94. The zero-order valence-electron chi connectivity index (χ0n) is 15.8. The smallest absolute Gasteiger partial charge is 0.294 e. The molecule has 1 aliphatic rings. The normalized spacial score (nSPS) is 13.5. The minimum Gasteiger partial charge on any atom is -0.370 e. The van der Waals surface area contributed by atoms with Crippen molar-refractivity contribution in [2.45, 2.75) is 19.3 Å². The van der Waals surface area contributed by atoms with Crippen molar-refractivity contribution < 1.29 is 4.92 Å². The van der Waals surface area contributed by atoms with Crippen LogP contribution < -0.4 is 5.32 Å². The SMILES string of the molecule is O=[N+]([O-])c1ccccc1-n1nc(-c2ccc3ccccc3c2)c2c1NCCCC2. The highest BCUT2D eigenvalue weighted by Gasteiger charge is 2.25. The van der Waals surface area contributed by atoms with Crippen molar-refractivity contribution in [3.63, 3.8) is 0 Å². The Labute approximate surface area is 167 Å². The van der Waals surface area contributed by atoms with E-state index in [4.69, 9.17) is 5.10 Å². The number of nitro groups is 1. The van der Waals surface area contributed by atoms with E-state index in [0.29, 0.717) is 5.69 Å². The maximum atomic E-state index is 11.6. The number of rotatable bonds is 3. The van der Waals surface area contributed by atoms with Gasteiger partial charge in [0.2, 0.25) is 0 Å². The van der Waals surface area contributed by atoms with E-state index in [9.17, 15) is 10.1 Å². The Morgan fingerprint density at radius 3 is 2.62 bits per heavy atom.